The average Bonchev–Trinajstić information content (AvgIpc) is 2.80. The quantitative estimate of drug-likeness (QED) is 0.371. The Labute approximate surface area is 223 Å². The number of primary amides is 1. The van der Waals surface area contributed by atoms with Crippen molar-refractivity contribution in [2.45, 2.75) is 72.1 Å². The van der Waals surface area contributed by atoms with Crippen molar-refractivity contribution in [3.8, 4) is 5.75 Å². The molecule has 2 aromatic rings. The minimum atomic E-state index is -1.39. The van der Waals surface area contributed by atoms with E-state index in [0.717, 1.165) is 11.1 Å². The van der Waals surface area contributed by atoms with Gasteiger partial charge >= 0.3 is 6.09 Å². The van der Waals surface area contributed by atoms with Gasteiger partial charge in [-0.05, 0) is 58.2 Å². The van der Waals surface area contributed by atoms with Crippen molar-refractivity contribution in [2.75, 3.05) is 11.9 Å². The summed E-state index contributed by atoms with van der Waals surface area (Å²) in [5, 5.41) is 16.0. The van der Waals surface area contributed by atoms with Crippen LogP contribution in [0.5, 0.6) is 5.75 Å². The molecule has 0 aliphatic rings. The van der Waals surface area contributed by atoms with Crippen molar-refractivity contribution in [3.63, 3.8) is 0 Å². The number of benzene rings is 2. The zero-order valence-electron chi connectivity index (χ0n) is 22.8. The lowest BCUT2D eigenvalue weighted by Gasteiger charge is -2.34. The Kier molecular flexibility index (Phi) is 10.3. The van der Waals surface area contributed by atoms with E-state index in [2.05, 4.69) is 10.6 Å². The molecular formula is C28H38N4O6. The maximum Gasteiger partial charge on any atom is 0.408 e. The van der Waals surface area contributed by atoms with Crippen molar-refractivity contribution in [2.24, 2.45) is 5.73 Å². The molecule has 5 N–H and O–H groups in total. The Bertz CT molecular complexity index is 1150. The fourth-order valence-electron chi connectivity index (χ4n) is 4.03. The van der Waals surface area contributed by atoms with Crippen LogP contribution in [-0.4, -0.2) is 52.0 Å². The Morgan fingerprint density at radius 2 is 1.63 bits per heavy atom. The monoisotopic (exact) mass is 526 g/mol. The van der Waals surface area contributed by atoms with E-state index in [1.807, 2.05) is 39.0 Å². The second kappa shape index (κ2) is 12.9. The number of para-hydroxylation sites is 2. The van der Waals surface area contributed by atoms with Crippen LogP contribution in [0.25, 0.3) is 0 Å². The molecule has 0 radical (unpaired) electrons. The predicted octanol–water partition coefficient (Wildman–Crippen LogP) is 3.70. The molecule has 206 valence electrons. The average molecular weight is 527 g/mol. The number of carbonyl (C=O) groups excluding carboxylic acids is 4. The number of aryl methyl sites for hydroxylation is 2. The first-order chi connectivity index (χ1) is 17.7. The van der Waals surface area contributed by atoms with E-state index >= 15 is 0 Å². The summed E-state index contributed by atoms with van der Waals surface area (Å²) in [4.78, 5) is 53.3. The zero-order valence-corrected chi connectivity index (χ0v) is 22.8. The molecule has 0 saturated heterocycles. The lowest BCUT2D eigenvalue weighted by molar-refractivity contribution is -0.142. The summed E-state index contributed by atoms with van der Waals surface area (Å²) in [7, 11) is 0. The van der Waals surface area contributed by atoms with Gasteiger partial charge in [-0.3, -0.25) is 14.4 Å². The third-order valence-electron chi connectivity index (χ3n) is 5.66. The number of alkyl carbamates (subject to hydrolysis) is 1. The Balaban J connectivity index is 2.56. The molecule has 0 heterocycles. The van der Waals surface area contributed by atoms with Crippen LogP contribution in [-0.2, 0) is 19.1 Å². The van der Waals surface area contributed by atoms with Crippen LogP contribution in [0.1, 0.15) is 63.3 Å². The number of phenolic OH excluding ortho intramolecular Hbond substituents is 1. The summed E-state index contributed by atoms with van der Waals surface area (Å²) in [5.74, 6) is -2.30. The number of hydrogen-bond acceptors (Lipinski definition) is 6. The molecule has 38 heavy (non-hydrogen) atoms. The lowest BCUT2D eigenvalue weighted by atomic mass is 10.00. The van der Waals surface area contributed by atoms with Crippen LogP contribution in [0.4, 0.5) is 10.5 Å². The molecule has 2 atom stereocenters. The molecule has 0 aromatic heterocycles. The second-order valence-electron chi connectivity index (χ2n) is 10.1. The molecule has 0 saturated carbocycles. The fraction of sp³-hybridized carbons (Fsp3) is 0.429. The van der Waals surface area contributed by atoms with E-state index in [1.165, 1.54) is 11.0 Å². The van der Waals surface area contributed by atoms with E-state index in [4.69, 9.17) is 10.5 Å². The van der Waals surface area contributed by atoms with E-state index < -0.39 is 47.9 Å². The second-order valence-corrected chi connectivity index (χ2v) is 10.1. The van der Waals surface area contributed by atoms with E-state index in [0.29, 0.717) is 12.1 Å². The molecule has 2 unspecified atom stereocenters. The molecule has 0 fully saturated rings. The van der Waals surface area contributed by atoms with Gasteiger partial charge in [0.2, 0.25) is 11.8 Å². The van der Waals surface area contributed by atoms with Crippen LogP contribution in [0.2, 0.25) is 0 Å². The number of anilines is 1. The number of nitrogens with two attached hydrogens (primary N) is 1. The number of amides is 4. The maximum absolute atomic E-state index is 13.9. The van der Waals surface area contributed by atoms with Gasteiger partial charge in [0.25, 0.3) is 5.91 Å². The first-order valence-corrected chi connectivity index (χ1v) is 12.5. The first-order valence-electron chi connectivity index (χ1n) is 12.5. The molecule has 0 aliphatic carbocycles. The van der Waals surface area contributed by atoms with Crippen molar-refractivity contribution in [3.05, 3.63) is 59.2 Å². The molecule has 0 aliphatic heterocycles. The summed E-state index contributed by atoms with van der Waals surface area (Å²) in [5.41, 5.74) is 6.96. The normalized spacial score (nSPS) is 12.7. The molecule has 0 spiro atoms. The molecule has 2 rings (SSSR count). The first kappa shape index (κ1) is 30.1. The van der Waals surface area contributed by atoms with Gasteiger partial charge < -0.3 is 31.1 Å². The molecule has 4 amide bonds. The van der Waals surface area contributed by atoms with Crippen molar-refractivity contribution in [1.82, 2.24) is 10.2 Å². The van der Waals surface area contributed by atoms with Gasteiger partial charge in [0.05, 0.1) is 6.42 Å². The standard InChI is InChI=1S/C28H38N4O6/c1-7-15-32(26(36)20(16-22(29)34)30-27(37)38-28(4,5)6)24(19-13-8-9-14-21(19)33)25(35)31-23-17(2)11-10-12-18(23)3/h8-14,20,24,33H,7,15-16H2,1-6H3,(H2,29,34)(H,30,37)(H,31,35). The fourth-order valence-corrected chi connectivity index (χ4v) is 4.03. The number of nitrogens with one attached hydrogen (secondary N) is 2. The predicted molar refractivity (Wildman–Crippen MR) is 144 cm³/mol. The third-order valence-corrected chi connectivity index (χ3v) is 5.66. The summed E-state index contributed by atoms with van der Waals surface area (Å²) < 4.78 is 5.26. The number of ether oxygens (including phenoxy) is 1. The summed E-state index contributed by atoms with van der Waals surface area (Å²) >= 11 is 0. The van der Waals surface area contributed by atoms with Gasteiger partial charge in [-0.2, -0.15) is 0 Å². The maximum atomic E-state index is 13.9. The highest BCUT2D eigenvalue weighted by molar-refractivity contribution is 6.00. The van der Waals surface area contributed by atoms with Crippen LogP contribution in [0.15, 0.2) is 42.5 Å². The largest absolute Gasteiger partial charge is 0.508 e. The van der Waals surface area contributed by atoms with Crippen molar-refractivity contribution >= 4 is 29.5 Å². The smallest absolute Gasteiger partial charge is 0.408 e. The number of phenols is 1. The summed E-state index contributed by atoms with van der Waals surface area (Å²) in [6.45, 7) is 10.6. The van der Waals surface area contributed by atoms with E-state index in [9.17, 15) is 24.3 Å². The highest BCUT2D eigenvalue weighted by Gasteiger charge is 2.38. The van der Waals surface area contributed by atoms with Crippen molar-refractivity contribution in [1.29, 1.82) is 0 Å². The Morgan fingerprint density at radius 1 is 1.03 bits per heavy atom. The Hall–Kier alpha value is -4.08. The molecule has 10 heteroatoms. The van der Waals surface area contributed by atoms with Gasteiger partial charge in [0.15, 0.2) is 0 Å². The van der Waals surface area contributed by atoms with Gasteiger partial charge in [0, 0.05) is 17.8 Å². The molecular weight excluding hydrogens is 488 g/mol. The Morgan fingerprint density at radius 3 is 2.16 bits per heavy atom. The molecule has 10 nitrogen and oxygen atoms in total. The minimum absolute atomic E-state index is 0.0866. The summed E-state index contributed by atoms with van der Waals surface area (Å²) in [6, 6.07) is 9.10. The van der Waals surface area contributed by atoms with Crippen molar-refractivity contribution < 1.29 is 29.0 Å². The zero-order chi connectivity index (χ0) is 28.6. The van der Waals surface area contributed by atoms with Gasteiger partial charge in [-0.25, -0.2) is 4.79 Å². The lowest BCUT2D eigenvalue weighted by Crippen LogP contribution is -2.53. The minimum Gasteiger partial charge on any atom is -0.508 e. The molecule has 0 bridgehead atoms. The highest BCUT2D eigenvalue weighted by Crippen LogP contribution is 2.32. The van der Waals surface area contributed by atoms with Crippen LogP contribution in [0, 0.1) is 13.8 Å². The number of rotatable bonds is 10. The third kappa shape index (κ3) is 8.22. The number of nitrogens with zero attached hydrogens (tertiary/aromatic N) is 1. The highest BCUT2D eigenvalue weighted by atomic mass is 16.6. The summed E-state index contributed by atoms with van der Waals surface area (Å²) in [6.07, 6.45) is -0.973. The number of aromatic hydroxyl groups is 1. The molecule has 2 aromatic carbocycles. The number of hydrogen-bond donors (Lipinski definition) is 4. The van der Waals surface area contributed by atoms with Crippen LogP contribution in [0.3, 0.4) is 0 Å². The van der Waals surface area contributed by atoms with Crippen LogP contribution < -0.4 is 16.4 Å². The van der Waals surface area contributed by atoms with Gasteiger partial charge in [0.1, 0.15) is 23.4 Å². The van der Waals surface area contributed by atoms with Gasteiger partial charge in [-0.1, -0.05) is 43.3 Å². The topological polar surface area (TPSA) is 151 Å². The van der Waals surface area contributed by atoms with Crippen LogP contribution >= 0.6 is 0 Å². The number of carbonyl (C=O) groups is 4. The SMILES string of the molecule is CCCN(C(=O)C(CC(N)=O)NC(=O)OC(C)(C)C)C(C(=O)Nc1c(C)cccc1C)c1ccccc1O. The van der Waals surface area contributed by atoms with E-state index in [-0.39, 0.29) is 17.9 Å². The van der Waals surface area contributed by atoms with E-state index in [1.54, 1.807) is 39.0 Å². The van der Waals surface area contributed by atoms with Gasteiger partial charge in [-0.15, -0.1) is 0 Å².